The summed E-state index contributed by atoms with van der Waals surface area (Å²) in [6, 6.07) is 29.4. The molecule has 0 saturated heterocycles. The molecule has 0 bridgehead atoms. The van der Waals surface area contributed by atoms with Gasteiger partial charge in [0.1, 0.15) is 5.82 Å². The number of benzene rings is 4. The van der Waals surface area contributed by atoms with Crippen LogP contribution in [0.3, 0.4) is 0 Å². The van der Waals surface area contributed by atoms with Crippen LogP contribution in [0.5, 0.6) is 0 Å². The molecule has 0 N–H and O–H groups in total. The number of halogens is 1. The molecule has 1 unspecified atom stereocenters. The van der Waals surface area contributed by atoms with Gasteiger partial charge in [0, 0.05) is 40.5 Å². The molecule has 5 aromatic rings. The van der Waals surface area contributed by atoms with Crippen LogP contribution in [0.25, 0.3) is 21.8 Å². The molecular formula is C32H29FN2O. The van der Waals surface area contributed by atoms with Crippen LogP contribution in [0, 0.1) is 5.82 Å². The van der Waals surface area contributed by atoms with Gasteiger partial charge in [0.2, 0.25) is 0 Å². The third kappa shape index (κ3) is 3.87. The zero-order valence-corrected chi connectivity index (χ0v) is 20.5. The molecule has 0 aliphatic heterocycles. The predicted molar refractivity (Wildman–Crippen MR) is 144 cm³/mol. The SMILES string of the molecule is CCn1c2ccccc2c2cc(CN(C(=O)c3ccc(F)cc3)C3CCCc4ccccc43)ccc21. The second-order valence-electron chi connectivity index (χ2n) is 9.66. The fourth-order valence-electron chi connectivity index (χ4n) is 5.87. The third-order valence-electron chi connectivity index (χ3n) is 7.57. The van der Waals surface area contributed by atoms with E-state index >= 15 is 0 Å². The lowest BCUT2D eigenvalue weighted by atomic mass is 9.86. The molecule has 1 aromatic heterocycles. The minimum atomic E-state index is -0.334. The number of fused-ring (bicyclic) bond motifs is 4. The summed E-state index contributed by atoms with van der Waals surface area (Å²) in [4.78, 5) is 15.9. The molecule has 180 valence electrons. The van der Waals surface area contributed by atoms with E-state index < -0.39 is 0 Å². The van der Waals surface area contributed by atoms with Gasteiger partial charge in [-0.15, -0.1) is 0 Å². The molecule has 1 atom stereocenters. The summed E-state index contributed by atoms with van der Waals surface area (Å²) in [6.07, 6.45) is 2.99. The zero-order chi connectivity index (χ0) is 24.6. The average Bonchev–Trinajstić information content (AvgIpc) is 3.24. The van der Waals surface area contributed by atoms with E-state index in [0.717, 1.165) is 31.4 Å². The molecule has 4 heteroatoms. The molecule has 1 amide bonds. The molecule has 1 aliphatic rings. The van der Waals surface area contributed by atoms with Gasteiger partial charge in [-0.25, -0.2) is 4.39 Å². The molecular weight excluding hydrogens is 447 g/mol. The van der Waals surface area contributed by atoms with E-state index in [0.29, 0.717) is 12.1 Å². The number of hydrogen-bond acceptors (Lipinski definition) is 1. The van der Waals surface area contributed by atoms with Crippen molar-refractivity contribution in [3.63, 3.8) is 0 Å². The fourth-order valence-corrected chi connectivity index (χ4v) is 5.87. The Morgan fingerprint density at radius 1 is 0.917 bits per heavy atom. The van der Waals surface area contributed by atoms with E-state index in [9.17, 15) is 9.18 Å². The van der Waals surface area contributed by atoms with Gasteiger partial charge >= 0.3 is 0 Å². The smallest absolute Gasteiger partial charge is 0.254 e. The first-order valence-electron chi connectivity index (χ1n) is 12.8. The van der Waals surface area contributed by atoms with E-state index in [1.165, 1.54) is 45.1 Å². The molecule has 0 fully saturated rings. The number of carbonyl (C=O) groups is 1. The Morgan fingerprint density at radius 3 is 2.50 bits per heavy atom. The number of hydrogen-bond donors (Lipinski definition) is 0. The molecule has 0 saturated carbocycles. The first-order chi connectivity index (χ1) is 17.6. The summed E-state index contributed by atoms with van der Waals surface area (Å²) in [6.45, 7) is 3.57. The van der Waals surface area contributed by atoms with E-state index in [-0.39, 0.29) is 17.8 Å². The van der Waals surface area contributed by atoms with Gasteiger partial charge in [0.15, 0.2) is 0 Å². The maximum atomic E-state index is 13.9. The van der Waals surface area contributed by atoms with Crippen molar-refractivity contribution in [2.75, 3.05) is 0 Å². The van der Waals surface area contributed by atoms with Crippen LogP contribution in [-0.4, -0.2) is 15.4 Å². The second kappa shape index (κ2) is 9.27. The molecule has 0 radical (unpaired) electrons. The summed E-state index contributed by atoms with van der Waals surface area (Å²) in [5.74, 6) is -0.397. The minimum absolute atomic E-state index is 0.0137. The van der Waals surface area contributed by atoms with E-state index in [1.807, 2.05) is 4.90 Å². The summed E-state index contributed by atoms with van der Waals surface area (Å²) >= 11 is 0. The van der Waals surface area contributed by atoms with Crippen LogP contribution in [0.15, 0.2) is 91.0 Å². The molecule has 1 aliphatic carbocycles. The molecule has 0 spiro atoms. The van der Waals surface area contributed by atoms with Gasteiger partial charge in [-0.1, -0.05) is 48.5 Å². The first-order valence-corrected chi connectivity index (χ1v) is 12.8. The van der Waals surface area contributed by atoms with Crippen LogP contribution >= 0.6 is 0 Å². The van der Waals surface area contributed by atoms with Crippen LogP contribution in [0.1, 0.15) is 52.9 Å². The maximum absolute atomic E-state index is 13.9. The van der Waals surface area contributed by atoms with Crippen molar-refractivity contribution in [2.45, 2.75) is 45.3 Å². The van der Waals surface area contributed by atoms with Crippen LogP contribution in [0.2, 0.25) is 0 Å². The lowest BCUT2D eigenvalue weighted by molar-refractivity contribution is 0.0638. The molecule has 3 nitrogen and oxygen atoms in total. The van der Waals surface area contributed by atoms with Crippen molar-refractivity contribution in [2.24, 2.45) is 0 Å². The Kier molecular flexibility index (Phi) is 5.80. The number of para-hydroxylation sites is 1. The number of carbonyl (C=O) groups excluding carboxylic acids is 1. The number of aromatic nitrogens is 1. The lowest BCUT2D eigenvalue weighted by Gasteiger charge is -2.36. The van der Waals surface area contributed by atoms with E-state index in [4.69, 9.17) is 0 Å². The standard InChI is InChI=1S/C32H29FN2O/c1-2-34-30-12-6-5-11-27(30)28-20-22(14-19-31(28)34)21-35(32(36)24-15-17-25(33)18-16-24)29-13-7-9-23-8-3-4-10-26(23)29/h3-6,8,10-12,14-20,29H,2,7,9,13,21H2,1H3. The Hall–Kier alpha value is -3.92. The summed E-state index contributed by atoms with van der Waals surface area (Å²) < 4.78 is 16.0. The van der Waals surface area contributed by atoms with Crippen molar-refractivity contribution in [1.29, 1.82) is 0 Å². The third-order valence-corrected chi connectivity index (χ3v) is 7.57. The first kappa shape index (κ1) is 22.5. The van der Waals surface area contributed by atoms with Crippen molar-refractivity contribution < 1.29 is 9.18 Å². The van der Waals surface area contributed by atoms with E-state index in [2.05, 4.69) is 78.2 Å². The quantitative estimate of drug-likeness (QED) is 0.255. The normalized spacial score (nSPS) is 15.2. The second-order valence-corrected chi connectivity index (χ2v) is 9.66. The fraction of sp³-hybridized carbons (Fsp3) is 0.219. The van der Waals surface area contributed by atoms with Gasteiger partial charge in [-0.2, -0.15) is 0 Å². The van der Waals surface area contributed by atoms with Crippen LogP contribution in [-0.2, 0) is 19.5 Å². The topological polar surface area (TPSA) is 25.2 Å². The number of rotatable bonds is 5. The molecule has 36 heavy (non-hydrogen) atoms. The lowest BCUT2D eigenvalue weighted by Crippen LogP contribution is -2.36. The molecule has 1 heterocycles. The molecule has 6 rings (SSSR count). The van der Waals surface area contributed by atoms with Crippen molar-refractivity contribution >= 4 is 27.7 Å². The zero-order valence-electron chi connectivity index (χ0n) is 20.5. The number of amides is 1. The highest BCUT2D eigenvalue weighted by Crippen LogP contribution is 2.37. The summed E-state index contributed by atoms with van der Waals surface area (Å²) in [5, 5.41) is 2.44. The molecule has 4 aromatic carbocycles. The highest BCUT2D eigenvalue weighted by Gasteiger charge is 2.30. The van der Waals surface area contributed by atoms with Gasteiger partial charge in [-0.3, -0.25) is 4.79 Å². The Morgan fingerprint density at radius 2 is 1.67 bits per heavy atom. The van der Waals surface area contributed by atoms with Crippen molar-refractivity contribution in [3.05, 3.63) is 119 Å². The summed E-state index contributed by atoms with van der Waals surface area (Å²) in [5.41, 5.74) is 6.59. The summed E-state index contributed by atoms with van der Waals surface area (Å²) in [7, 11) is 0. The average molecular weight is 477 g/mol. The Balaban J connectivity index is 1.45. The monoisotopic (exact) mass is 476 g/mol. The predicted octanol–water partition coefficient (Wildman–Crippen LogP) is 7.67. The van der Waals surface area contributed by atoms with Crippen molar-refractivity contribution in [3.8, 4) is 0 Å². The van der Waals surface area contributed by atoms with Gasteiger partial charge in [-0.05, 0) is 85.3 Å². The van der Waals surface area contributed by atoms with E-state index in [1.54, 1.807) is 12.1 Å². The Labute approximate surface area is 210 Å². The van der Waals surface area contributed by atoms with Crippen LogP contribution in [0.4, 0.5) is 4.39 Å². The Bertz CT molecular complexity index is 1570. The van der Waals surface area contributed by atoms with Crippen molar-refractivity contribution in [1.82, 2.24) is 9.47 Å². The minimum Gasteiger partial charge on any atom is -0.341 e. The van der Waals surface area contributed by atoms with Gasteiger partial charge in [0.05, 0.1) is 6.04 Å². The maximum Gasteiger partial charge on any atom is 0.254 e. The largest absolute Gasteiger partial charge is 0.341 e. The highest BCUT2D eigenvalue weighted by atomic mass is 19.1. The highest BCUT2D eigenvalue weighted by molar-refractivity contribution is 6.08. The number of nitrogens with zero attached hydrogens (tertiary/aromatic N) is 2. The van der Waals surface area contributed by atoms with Gasteiger partial charge in [0.25, 0.3) is 5.91 Å². The van der Waals surface area contributed by atoms with Gasteiger partial charge < -0.3 is 9.47 Å². The number of aryl methyl sites for hydroxylation is 2. The van der Waals surface area contributed by atoms with Crippen LogP contribution < -0.4 is 0 Å².